The first-order valence-corrected chi connectivity index (χ1v) is 11.7. The van der Waals surface area contributed by atoms with Gasteiger partial charge in [-0.05, 0) is 90.6 Å². The number of carbonyl (C=O) groups excluding carboxylic acids is 3. The molecule has 0 bridgehead atoms. The number of imide groups is 2. The fraction of sp³-hybridized carbons (Fsp3) is 0.138. The summed E-state index contributed by atoms with van der Waals surface area (Å²) in [5.74, 6) is -0.753. The van der Waals surface area contributed by atoms with Gasteiger partial charge in [-0.25, -0.2) is 9.69 Å². The predicted octanol–water partition coefficient (Wildman–Crippen LogP) is 5.93. The van der Waals surface area contributed by atoms with Crippen LogP contribution in [-0.4, -0.2) is 17.8 Å². The summed E-state index contributed by atoms with van der Waals surface area (Å²) in [6, 6.07) is 17.3. The number of hydrogen-bond donors (Lipinski definition) is 1. The molecule has 3 aromatic carbocycles. The van der Waals surface area contributed by atoms with E-state index in [4.69, 9.17) is 16.3 Å². The van der Waals surface area contributed by atoms with Crippen LogP contribution in [0.4, 0.5) is 10.5 Å². The third kappa shape index (κ3) is 5.39. The van der Waals surface area contributed by atoms with Crippen molar-refractivity contribution >= 4 is 41.2 Å². The van der Waals surface area contributed by atoms with Gasteiger partial charge in [-0.2, -0.15) is 0 Å². The summed E-state index contributed by atoms with van der Waals surface area (Å²) in [5, 5.41) is 2.92. The summed E-state index contributed by atoms with van der Waals surface area (Å²) in [6.45, 7) is 8.00. The number of urea groups is 1. The Morgan fingerprint density at radius 3 is 2.42 bits per heavy atom. The van der Waals surface area contributed by atoms with Gasteiger partial charge < -0.3 is 4.74 Å². The van der Waals surface area contributed by atoms with Gasteiger partial charge in [-0.15, -0.1) is 6.58 Å². The van der Waals surface area contributed by atoms with E-state index in [-0.39, 0.29) is 5.57 Å². The number of benzene rings is 3. The minimum Gasteiger partial charge on any atom is -0.489 e. The van der Waals surface area contributed by atoms with E-state index in [1.807, 2.05) is 38.1 Å². The van der Waals surface area contributed by atoms with Gasteiger partial charge in [0.2, 0.25) is 0 Å². The second kappa shape index (κ2) is 10.6. The largest absolute Gasteiger partial charge is 0.489 e. The molecule has 4 rings (SSSR count). The van der Waals surface area contributed by atoms with E-state index in [2.05, 4.69) is 11.9 Å². The SMILES string of the molecule is C=CCc1cc(/C=C2\C(=O)NC(=O)N(c3ccc(C)c(C)c3)C2=O)ccc1OCc1ccc(Cl)cc1. The average molecular weight is 501 g/mol. The standard InChI is InChI=1S/C29H25ClN2O4/c1-4-5-22-15-21(9-13-26(22)36-17-20-7-10-23(30)11-8-20)16-25-27(33)31-29(35)32(28(25)34)24-12-6-18(2)19(3)14-24/h4,6-16H,1,5,17H2,2-3H3,(H,31,33,35)/b25-16+. The quantitative estimate of drug-likeness (QED) is 0.248. The second-order valence-corrected chi connectivity index (χ2v) is 8.94. The van der Waals surface area contributed by atoms with Crippen LogP contribution in [0.2, 0.25) is 5.02 Å². The Balaban J connectivity index is 1.62. The van der Waals surface area contributed by atoms with Crippen LogP contribution in [0.3, 0.4) is 0 Å². The van der Waals surface area contributed by atoms with E-state index in [0.29, 0.717) is 35.1 Å². The third-order valence-corrected chi connectivity index (χ3v) is 6.17. The lowest BCUT2D eigenvalue weighted by atomic mass is 10.0. The molecule has 36 heavy (non-hydrogen) atoms. The lowest BCUT2D eigenvalue weighted by molar-refractivity contribution is -0.122. The number of barbiturate groups is 1. The first kappa shape index (κ1) is 24.9. The molecule has 1 aliphatic heterocycles. The number of allylic oxidation sites excluding steroid dienone is 1. The van der Waals surface area contributed by atoms with Crippen molar-refractivity contribution in [1.29, 1.82) is 0 Å². The van der Waals surface area contributed by atoms with Crippen molar-refractivity contribution in [1.82, 2.24) is 5.32 Å². The van der Waals surface area contributed by atoms with Gasteiger partial charge >= 0.3 is 6.03 Å². The smallest absolute Gasteiger partial charge is 0.335 e. The summed E-state index contributed by atoms with van der Waals surface area (Å²) in [4.78, 5) is 39.3. The molecule has 1 N–H and O–H groups in total. The number of anilines is 1. The molecule has 0 unspecified atom stereocenters. The third-order valence-electron chi connectivity index (χ3n) is 5.92. The zero-order chi connectivity index (χ0) is 25.8. The number of ether oxygens (including phenoxy) is 1. The normalized spacial score (nSPS) is 14.7. The number of halogens is 1. The van der Waals surface area contributed by atoms with Gasteiger partial charge in [0.05, 0.1) is 5.69 Å². The molecule has 0 aromatic heterocycles. The maximum absolute atomic E-state index is 13.2. The number of hydrogen-bond acceptors (Lipinski definition) is 4. The molecule has 0 atom stereocenters. The Kier molecular flexibility index (Phi) is 7.36. The Morgan fingerprint density at radius 1 is 0.972 bits per heavy atom. The zero-order valence-corrected chi connectivity index (χ0v) is 20.8. The first-order chi connectivity index (χ1) is 17.3. The van der Waals surface area contributed by atoms with Crippen molar-refractivity contribution in [2.45, 2.75) is 26.9 Å². The molecule has 6 nitrogen and oxygen atoms in total. The van der Waals surface area contributed by atoms with Crippen molar-refractivity contribution in [2.24, 2.45) is 0 Å². The lowest BCUT2D eigenvalue weighted by Gasteiger charge is -2.27. The summed E-state index contributed by atoms with van der Waals surface area (Å²) < 4.78 is 6.00. The van der Waals surface area contributed by atoms with Crippen LogP contribution < -0.4 is 15.0 Å². The molecule has 0 aliphatic carbocycles. The van der Waals surface area contributed by atoms with Crippen LogP contribution in [0, 0.1) is 13.8 Å². The van der Waals surface area contributed by atoms with Gasteiger partial charge in [0.15, 0.2) is 0 Å². The molecule has 0 radical (unpaired) electrons. The maximum atomic E-state index is 13.2. The summed E-state index contributed by atoms with van der Waals surface area (Å²) in [5.41, 5.74) is 4.67. The van der Waals surface area contributed by atoms with Crippen molar-refractivity contribution in [3.63, 3.8) is 0 Å². The van der Waals surface area contributed by atoms with Crippen LogP contribution in [0.1, 0.15) is 27.8 Å². The lowest BCUT2D eigenvalue weighted by Crippen LogP contribution is -2.54. The molecule has 1 aliphatic rings. The molecule has 0 spiro atoms. The fourth-order valence-electron chi connectivity index (χ4n) is 3.81. The van der Waals surface area contributed by atoms with Crippen LogP contribution in [0.15, 0.2) is 78.9 Å². The number of amides is 4. The molecule has 0 saturated carbocycles. The van der Waals surface area contributed by atoms with Crippen LogP contribution in [0.5, 0.6) is 5.75 Å². The summed E-state index contributed by atoms with van der Waals surface area (Å²) in [7, 11) is 0. The highest BCUT2D eigenvalue weighted by Gasteiger charge is 2.36. The minimum absolute atomic E-state index is 0.132. The molecular weight excluding hydrogens is 476 g/mol. The Hall–Kier alpha value is -4.16. The number of nitrogens with zero attached hydrogens (tertiary/aromatic N) is 1. The highest BCUT2D eigenvalue weighted by atomic mass is 35.5. The van der Waals surface area contributed by atoms with Crippen molar-refractivity contribution in [3.8, 4) is 5.75 Å². The van der Waals surface area contributed by atoms with E-state index in [1.165, 1.54) is 6.08 Å². The van der Waals surface area contributed by atoms with Gasteiger partial charge in [0.25, 0.3) is 11.8 Å². The second-order valence-electron chi connectivity index (χ2n) is 8.50. The molecule has 7 heteroatoms. The molecule has 3 aromatic rings. The van der Waals surface area contributed by atoms with Gasteiger partial charge in [-0.3, -0.25) is 14.9 Å². The van der Waals surface area contributed by atoms with Crippen molar-refractivity contribution in [2.75, 3.05) is 4.90 Å². The van der Waals surface area contributed by atoms with Crippen molar-refractivity contribution in [3.05, 3.63) is 112 Å². The van der Waals surface area contributed by atoms with E-state index in [9.17, 15) is 14.4 Å². The molecule has 1 saturated heterocycles. The van der Waals surface area contributed by atoms with Crippen molar-refractivity contribution < 1.29 is 19.1 Å². The summed E-state index contributed by atoms with van der Waals surface area (Å²) >= 11 is 5.95. The minimum atomic E-state index is -0.774. The Bertz CT molecular complexity index is 1390. The Labute approximate surface area is 214 Å². The van der Waals surface area contributed by atoms with Gasteiger partial charge in [-0.1, -0.05) is 41.9 Å². The Morgan fingerprint density at radius 2 is 1.72 bits per heavy atom. The summed E-state index contributed by atoms with van der Waals surface area (Å²) in [6.07, 6.45) is 3.76. The average Bonchev–Trinajstić information content (AvgIpc) is 2.84. The molecule has 182 valence electrons. The highest BCUT2D eigenvalue weighted by Crippen LogP contribution is 2.27. The van der Waals surface area contributed by atoms with E-state index >= 15 is 0 Å². The van der Waals surface area contributed by atoms with E-state index in [0.717, 1.165) is 27.2 Å². The number of nitrogens with one attached hydrogen (secondary N) is 1. The molecule has 1 fully saturated rings. The van der Waals surface area contributed by atoms with Crippen LogP contribution in [0.25, 0.3) is 6.08 Å². The molecular formula is C29H25ClN2O4. The number of rotatable bonds is 7. The van der Waals surface area contributed by atoms with Crippen LogP contribution >= 0.6 is 11.6 Å². The number of aryl methyl sites for hydroxylation is 2. The molecule has 1 heterocycles. The van der Waals surface area contributed by atoms with Crippen LogP contribution in [-0.2, 0) is 22.6 Å². The fourth-order valence-corrected chi connectivity index (χ4v) is 3.94. The van der Waals surface area contributed by atoms with E-state index in [1.54, 1.807) is 42.5 Å². The maximum Gasteiger partial charge on any atom is 0.335 e. The topological polar surface area (TPSA) is 75.7 Å². The molecule has 4 amide bonds. The van der Waals surface area contributed by atoms with Gasteiger partial charge in [0.1, 0.15) is 17.9 Å². The monoisotopic (exact) mass is 500 g/mol. The predicted molar refractivity (Wildman–Crippen MR) is 141 cm³/mol. The highest BCUT2D eigenvalue weighted by molar-refractivity contribution is 6.39. The zero-order valence-electron chi connectivity index (χ0n) is 20.0. The van der Waals surface area contributed by atoms with Gasteiger partial charge in [0, 0.05) is 5.02 Å². The van der Waals surface area contributed by atoms with E-state index < -0.39 is 17.8 Å². The first-order valence-electron chi connectivity index (χ1n) is 11.4. The number of carbonyl (C=O) groups is 3.